The molecule has 2 aliphatic carbocycles. The van der Waals surface area contributed by atoms with Crippen LogP contribution in [-0.4, -0.2) is 35.9 Å². The molecular formula is C11H19N3S. The molecule has 2 atom stereocenters. The zero-order valence-electron chi connectivity index (χ0n) is 9.15. The van der Waals surface area contributed by atoms with Gasteiger partial charge in [0.25, 0.3) is 0 Å². The van der Waals surface area contributed by atoms with Gasteiger partial charge in [-0.05, 0) is 24.7 Å². The summed E-state index contributed by atoms with van der Waals surface area (Å²) in [6.45, 7) is 0. The Kier molecular flexibility index (Phi) is 2.45. The Bertz CT molecular complexity index is 286. The van der Waals surface area contributed by atoms with Crippen molar-refractivity contribution in [1.82, 2.24) is 10.2 Å². The highest BCUT2D eigenvalue weighted by atomic mass is 32.2. The summed E-state index contributed by atoms with van der Waals surface area (Å²) in [4.78, 5) is 2.38. The summed E-state index contributed by atoms with van der Waals surface area (Å²) in [5.41, 5.74) is 7.32. The monoisotopic (exact) mass is 225 g/mol. The predicted octanol–water partition coefficient (Wildman–Crippen LogP) is 0.932. The van der Waals surface area contributed by atoms with Gasteiger partial charge in [-0.25, -0.2) is 0 Å². The van der Waals surface area contributed by atoms with Crippen molar-refractivity contribution in [1.29, 1.82) is 0 Å². The molecule has 4 heteroatoms. The molecule has 1 heterocycles. The largest absolute Gasteiger partial charge is 0.368 e. The lowest BCUT2D eigenvalue weighted by Gasteiger charge is -2.33. The Morgan fingerprint density at radius 3 is 2.87 bits per heavy atom. The van der Waals surface area contributed by atoms with Crippen molar-refractivity contribution in [3.8, 4) is 0 Å². The summed E-state index contributed by atoms with van der Waals surface area (Å²) in [5, 5.41) is 6.04. The van der Waals surface area contributed by atoms with Gasteiger partial charge in [0, 0.05) is 36.8 Å². The van der Waals surface area contributed by atoms with Crippen LogP contribution in [0.1, 0.15) is 19.3 Å². The average Bonchev–Trinajstić information content (AvgIpc) is 2.77. The Balaban J connectivity index is 1.48. The van der Waals surface area contributed by atoms with E-state index in [9.17, 15) is 0 Å². The SMILES string of the molecule is CN1CSC=C1C1CC1NC1CC(N)C1. The molecule has 0 amide bonds. The number of thioether (sulfide) groups is 1. The highest BCUT2D eigenvalue weighted by Gasteiger charge is 2.44. The molecule has 15 heavy (non-hydrogen) atoms. The lowest BCUT2D eigenvalue weighted by atomic mass is 9.87. The zero-order valence-corrected chi connectivity index (χ0v) is 9.96. The van der Waals surface area contributed by atoms with Crippen LogP contribution in [0.5, 0.6) is 0 Å². The fourth-order valence-corrected chi connectivity index (χ4v) is 3.55. The van der Waals surface area contributed by atoms with Gasteiger partial charge in [0.1, 0.15) is 0 Å². The van der Waals surface area contributed by atoms with Crippen molar-refractivity contribution >= 4 is 11.8 Å². The molecule has 3 rings (SSSR count). The highest BCUT2D eigenvalue weighted by molar-refractivity contribution is 8.02. The fourth-order valence-electron chi connectivity index (χ4n) is 2.58. The minimum atomic E-state index is 0.462. The lowest BCUT2D eigenvalue weighted by Crippen LogP contribution is -2.49. The van der Waals surface area contributed by atoms with E-state index in [-0.39, 0.29) is 0 Å². The van der Waals surface area contributed by atoms with E-state index in [0.717, 1.165) is 17.8 Å². The average molecular weight is 225 g/mol. The first-order valence-electron chi connectivity index (χ1n) is 5.78. The van der Waals surface area contributed by atoms with Gasteiger partial charge < -0.3 is 16.0 Å². The molecule has 0 bridgehead atoms. The second kappa shape index (κ2) is 3.68. The molecule has 0 saturated heterocycles. The summed E-state index contributed by atoms with van der Waals surface area (Å²) in [6.07, 6.45) is 3.67. The molecule has 2 saturated carbocycles. The summed E-state index contributed by atoms with van der Waals surface area (Å²) in [7, 11) is 2.19. The molecule has 3 N–H and O–H groups in total. The maximum absolute atomic E-state index is 5.78. The number of hydrogen-bond acceptors (Lipinski definition) is 4. The number of nitrogens with zero attached hydrogens (tertiary/aromatic N) is 1. The van der Waals surface area contributed by atoms with Crippen molar-refractivity contribution in [3.63, 3.8) is 0 Å². The normalized spacial score (nSPS) is 43.9. The van der Waals surface area contributed by atoms with Crippen molar-refractivity contribution in [3.05, 3.63) is 11.1 Å². The minimum Gasteiger partial charge on any atom is -0.368 e. The molecule has 0 aromatic heterocycles. The van der Waals surface area contributed by atoms with E-state index in [1.54, 1.807) is 5.70 Å². The maximum Gasteiger partial charge on any atom is 0.0674 e. The van der Waals surface area contributed by atoms with Crippen molar-refractivity contribution in [2.75, 3.05) is 12.9 Å². The zero-order chi connectivity index (χ0) is 10.4. The van der Waals surface area contributed by atoms with Crippen LogP contribution in [0.4, 0.5) is 0 Å². The van der Waals surface area contributed by atoms with E-state index in [4.69, 9.17) is 5.73 Å². The minimum absolute atomic E-state index is 0.462. The van der Waals surface area contributed by atoms with Crippen LogP contribution in [0.25, 0.3) is 0 Å². The number of nitrogens with two attached hydrogens (primary N) is 1. The molecule has 3 aliphatic rings. The smallest absolute Gasteiger partial charge is 0.0674 e. The van der Waals surface area contributed by atoms with E-state index in [0.29, 0.717) is 12.1 Å². The van der Waals surface area contributed by atoms with Gasteiger partial charge in [0.2, 0.25) is 0 Å². The van der Waals surface area contributed by atoms with Crippen LogP contribution >= 0.6 is 11.8 Å². The van der Waals surface area contributed by atoms with Gasteiger partial charge >= 0.3 is 0 Å². The quantitative estimate of drug-likeness (QED) is 0.750. The second-order valence-corrected chi connectivity index (χ2v) is 5.91. The van der Waals surface area contributed by atoms with Crippen LogP contribution in [0.3, 0.4) is 0 Å². The molecule has 3 nitrogen and oxygen atoms in total. The van der Waals surface area contributed by atoms with Gasteiger partial charge in [-0.15, -0.1) is 11.8 Å². The van der Waals surface area contributed by atoms with E-state index in [1.165, 1.54) is 19.3 Å². The second-order valence-electron chi connectivity index (χ2n) is 5.08. The van der Waals surface area contributed by atoms with Gasteiger partial charge in [0.05, 0.1) is 5.88 Å². The third-order valence-electron chi connectivity index (χ3n) is 3.71. The lowest BCUT2D eigenvalue weighted by molar-refractivity contribution is 0.286. The van der Waals surface area contributed by atoms with Gasteiger partial charge in [-0.1, -0.05) is 0 Å². The van der Waals surface area contributed by atoms with Crippen LogP contribution in [-0.2, 0) is 0 Å². The first-order chi connectivity index (χ1) is 7.24. The van der Waals surface area contributed by atoms with Gasteiger partial charge in [-0.3, -0.25) is 0 Å². The molecule has 84 valence electrons. The molecule has 0 aromatic rings. The van der Waals surface area contributed by atoms with Crippen molar-refractivity contribution in [2.45, 2.75) is 37.4 Å². The summed E-state index contributed by atoms with van der Waals surface area (Å²) in [5.74, 6) is 1.91. The van der Waals surface area contributed by atoms with Gasteiger partial charge in [0.15, 0.2) is 0 Å². The molecular weight excluding hydrogens is 206 g/mol. The van der Waals surface area contributed by atoms with Crippen molar-refractivity contribution in [2.24, 2.45) is 11.7 Å². The van der Waals surface area contributed by atoms with Crippen LogP contribution < -0.4 is 11.1 Å². The summed E-state index contributed by atoms with van der Waals surface area (Å²) >= 11 is 1.92. The van der Waals surface area contributed by atoms with Crippen LogP contribution in [0.2, 0.25) is 0 Å². The van der Waals surface area contributed by atoms with E-state index in [2.05, 4.69) is 22.7 Å². The maximum atomic E-state index is 5.78. The number of hydrogen-bond donors (Lipinski definition) is 2. The van der Waals surface area contributed by atoms with Crippen molar-refractivity contribution < 1.29 is 0 Å². The molecule has 2 unspecified atom stereocenters. The number of rotatable bonds is 3. The summed E-state index contributed by atoms with van der Waals surface area (Å²) < 4.78 is 0. The molecule has 0 aromatic carbocycles. The topological polar surface area (TPSA) is 41.3 Å². The third kappa shape index (κ3) is 1.90. The van der Waals surface area contributed by atoms with Crippen LogP contribution in [0.15, 0.2) is 11.1 Å². The standard InChI is InChI=1S/C11H19N3S/c1-14-6-15-5-11(14)9-4-10(9)13-8-2-7(12)3-8/h5,7-10,13H,2-4,6,12H2,1H3. The van der Waals surface area contributed by atoms with E-state index >= 15 is 0 Å². The summed E-state index contributed by atoms with van der Waals surface area (Å²) in [6, 6.07) is 1.90. The Morgan fingerprint density at radius 2 is 2.27 bits per heavy atom. The number of nitrogens with one attached hydrogen (secondary N) is 1. The highest BCUT2D eigenvalue weighted by Crippen LogP contribution is 2.43. The Labute approximate surface area is 95.5 Å². The van der Waals surface area contributed by atoms with Crippen LogP contribution in [0, 0.1) is 5.92 Å². The van der Waals surface area contributed by atoms with E-state index in [1.807, 2.05) is 11.8 Å². The molecule has 2 fully saturated rings. The molecule has 1 aliphatic heterocycles. The fraction of sp³-hybridized carbons (Fsp3) is 0.818. The Hall–Kier alpha value is -0.190. The Morgan fingerprint density at radius 1 is 1.47 bits per heavy atom. The van der Waals surface area contributed by atoms with Gasteiger partial charge in [-0.2, -0.15) is 0 Å². The predicted molar refractivity (Wildman–Crippen MR) is 64.3 cm³/mol. The van der Waals surface area contributed by atoms with E-state index < -0.39 is 0 Å². The molecule has 0 radical (unpaired) electrons. The molecule has 0 spiro atoms. The third-order valence-corrected chi connectivity index (χ3v) is 4.65. The first-order valence-corrected chi connectivity index (χ1v) is 6.83. The first kappa shape index (κ1) is 10.00.